The Balaban J connectivity index is 1.77. The van der Waals surface area contributed by atoms with Crippen LogP contribution in [0.4, 0.5) is 9.18 Å². The summed E-state index contributed by atoms with van der Waals surface area (Å²) in [5.74, 6) is 0. The molecule has 2 aliphatic heterocycles. The molecular formula is C20H33BFNO4. The van der Waals surface area contributed by atoms with Crippen molar-refractivity contribution < 1.29 is 23.2 Å². The first-order valence-corrected chi connectivity index (χ1v) is 9.99. The molecule has 1 saturated carbocycles. The molecule has 0 radical (unpaired) electrons. The second-order valence-electron chi connectivity index (χ2n) is 10.2. The summed E-state index contributed by atoms with van der Waals surface area (Å²) in [4.78, 5) is 14.2. The van der Waals surface area contributed by atoms with Gasteiger partial charge in [-0.1, -0.05) is 0 Å². The molecule has 1 aliphatic carbocycles. The highest BCUT2D eigenvalue weighted by Crippen LogP contribution is 2.54. The van der Waals surface area contributed by atoms with Crippen molar-refractivity contribution in [3.63, 3.8) is 0 Å². The topological polar surface area (TPSA) is 48.0 Å². The van der Waals surface area contributed by atoms with Crippen LogP contribution in [0.5, 0.6) is 0 Å². The summed E-state index contributed by atoms with van der Waals surface area (Å²) < 4.78 is 32.7. The van der Waals surface area contributed by atoms with Gasteiger partial charge in [0, 0.05) is 18.5 Å². The number of hydrogen-bond donors (Lipinski definition) is 0. The lowest BCUT2D eigenvalue weighted by molar-refractivity contribution is 0.00108. The van der Waals surface area contributed by atoms with Crippen LogP contribution in [0.2, 0.25) is 0 Å². The van der Waals surface area contributed by atoms with E-state index in [4.69, 9.17) is 14.0 Å². The third kappa shape index (κ3) is 3.77. The lowest BCUT2D eigenvalue weighted by atomic mass is 9.57. The maximum atomic E-state index is 15.4. The van der Waals surface area contributed by atoms with Gasteiger partial charge in [-0.15, -0.1) is 0 Å². The second-order valence-corrected chi connectivity index (χ2v) is 10.2. The Bertz CT molecular complexity index is 639. The van der Waals surface area contributed by atoms with Crippen molar-refractivity contribution in [2.75, 3.05) is 13.1 Å². The van der Waals surface area contributed by atoms with Crippen LogP contribution in [0.25, 0.3) is 0 Å². The van der Waals surface area contributed by atoms with Crippen LogP contribution in [-0.4, -0.2) is 48.0 Å². The van der Waals surface area contributed by atoms with Gasteiger partial charge in [0.2, 0.25) is 0 Å². The number of halogens is 1. The zero-order valence-corrected chi connectivity index (χ0v) is 17.8. The summed E-state index contributed by atoms with van der Waals surface area (Å²) in [6.45, 7) is 14.4. The van der Waals surface area contributed by atoms with Gasteiger partial charge in [-0.3, -0.25) is 0 Å². The van der Waals surface area contributed by atoms with Gasteiger partial charge in [0.05, 0.1) is 11.2 Å². The summed E-state index contributed by atoms with van der Waals surface area (Å²) >= 11 is 0. The Morgan fingerprint density at radius 1 is 1.15 bits per heavy atom. The fraction of sp³-hybridized carbons (Fsp3) is 0.850. The first-order chi connectivity index (χ1) is 12.3. The third-order valence-corrected chi connectivity index (χ3v) is 6.47. The highest BCUT2D eigenvalue weighted by atomic mass is 19.1. The standard InChI is InChI=1S/C20H33BFNO4/c1-17(2,3)25-16(24)23-12-8-10-20(13-23)11-9-14(20)15(22)21-26-18(4,5)19(6,7)27-21/h8-13H2,1-7H3. The molecule has 1 spiro atoms. The molecule has 1 atom stereocenters. The third-order valence-electron chi connectivity index (χ3n) is 6.47. The number of hydrogen-bond acceptors (Lipinski definition) is 4. The van der Waals surface area contributed by atoms with Gasteiger partial charge >= 0.3 is 13.2 Å². The Morgan fingerprint density at radius 3 is 2.22 bits per heavy atom. The van der Waals surface area contributed by atoms with Crippen LogP contribution < -0.4 is 0 Å². The van der Waals surface area contributed by atoms with Crippen molar-refractivity contribution in [1.82, 2.24) is 4.90 Å². The Morgan fingerprint density at radius 2 is 1.74 bits per heavy atom. The van der Waals surface area contributed by atoms with Gasteiger partial charge in [-0.05, 0) is 79.7 Å². The minimum Gasteiger partial charge on any atom is -0.444 e. The Kier molecular flexibility index (Phi) is 4.96. The van der Waals surface area contributed by atoms with E-state index in [2.05, 4.69) is 0 Å². The first kappa shape index (κ1) is 20.7. The van der Waals surface area contributed by atoms with Gasteiger partial charge in [0.1, 0.15) is 11.3 Å². The molecule has 3 fully saturated rings. The molecule has 0 aromatic carbocycles. The molecule has 152 valence electrons. The number of rotatable bonds is 1. The molecule has 0 aromatic heterocycles. The number of amides is 1. The van der Waals surface area contributed by atoms with Gasteiger partial charge in [-0.2, -0.15) is 0 Å². The van der Waals surface area contributed by atoms with Crippen molar-refractivity contribution in [2.24, 2.45) is 5.41 Å². The van der Waals surface area contributed by atoms with Crippen molar-refractivity contribution in [3.8, 4) is 0 Å². The zero-order valence-electron chi connectivity index (χ0n) is 17.8. The largest absolute Gasteiger partial charge is 0.525 e. The lowest BCUT2D eigenvalue weighted by Gasteiger charge is -2.51. The maximum Gasteiger partial charge on any atom is 0.525 e. The molecule has 1 amide bonds. The van der Waals surface area contributed by atoms with Crippen LogP contribution in [-0.2, 0) is 14.0 Å². The van der Waals surface area contributed by atoms with E-state index in [-0.39, 0.29) is 17.2 Å². The average molecular weight is 381 g/mol. The molecule has 0 N–H and O–H groups in total. The fourth-order valence-corrected chi connectivity index (χ4v) is 4.13. The lowest BCUT2D eigenvalue weighted by Crippen LogP contribution is -2.52. The summed E-state index contributed by atoms with van der Waals surface area (Å²) in [5, 5.41) is 0. The molecule has 7 heteroatoms. The fourth-order valence-electron chi connectivity index (χ4n) is 4.13. The Labute approximate surface area is 162 Å². The summed E-state index contributed by atoms with van der Waals surface area (Å²) in [7, 11) is -0.959. The number of carbonyl (C=O) groups is 1. The molecule has 3 aliphatic rings. The van der Waals surface area contributed by atoms with Crippen LogP contribution in [0.1, 0.15) is 74.1 Å². The van der Waals surface area contributed by atoms with E-state index in [1.165, 1.54) is 0 Å². The van der Waals surface area contributed by atoms with Gasteiger partial charge in [0.25, 0.3) is 0 Å². The van der Waals surface area contributed by atoms with Crippen molar-refractivity contribution >= 4 is 13.2 Å². The number of likely N-dealkylation sites (tertiary alicyclic amines) is 1. The number of piperidine rings is 1. The van der Waals surface area contributed by atoms with Gasteiger partial charge in [0.15, 0.2) is 0 Å². The van der Waals surface area contributed by atoms with Gasteiger partial charge < -0.3 is 18.9 Å². The zero-order chi connectivity index (χ0) is 20.3. The van der Waals surface area contributed by atoms with Gasteiger partial charge in [-0.25, -0.2) is 9.18 Å². The normalized spacial score (nSPS) is 31.7. The van der Waals surface area contributed by atoms with E-state index >= 15 is 4.39 Å². The highest BCUT2D eigenvalue weighted by Gasteiger charge is 2.56. The highest BCUT2D eigenvalue weighted by molar-refractivity contribution is 6.54. The number of nitrogens with zero attached hydrogens (tertiary/aromatic N) is 1. The molecule has 1 unspecified atom stereocenters. The van der Waals surface area contributed by atoms with E-state index in [1.807, 2.05) is 48.5 Å². The SMILES string of the molecule is CC(C)(C)OC(=O)N1CCCC2(CCC2=C(F)B2OC(C)(C)C(C)(C)O2)C1. The minimum atomic E-state index is -0.959. The maximum absolute atomic E-state index is 15.4. The van der Waals surface area contributed by atoms with E-state index < -0.39 is 23.9 Å². The summed E-state index contributed by atoms with van der Waals surface area (Å²) in [6, 6.07) is 0. The monoisotopic (exact) mass is 381 g/mol. The average Bonchev–Trinajstić information content (AvgIpc) is 2.73. The predicted octanol–water partition coefficient (Wildman–Crippen LogP) is 4.65. The van der Waals surface area contributed by atoms with Crippen molar-refractivity contribution in [2.45, 2.75) is 91.0 Å². The quantitative estimate of drug-likeness (QED) is 0.621. The van der Waals surface area contributed by atoms with E-state index in [0.717, 1.165) is 24.8 Å². The molecule has 2 heterocycles. The Hall–Kier alpha value is -1.08. The van der Waals surface area contributed by atoms with E-state index in [1.54, 1.807) is 4.90 Å². The predicted molar refractivity (Wildman–Crippen MR) is 103 cm³/mol. The number of ether oxygens (including phenoxy) is 1. The smallest absolute Gasteiger partial charge is 0.444 e. The second kappa shape index (κ2) is 6.48. The number of carbonyl (C=O) groups excluding carboxylic acids is 1. The van der Waals surface area contributed by atoms with Crippen molar-refractivity contribution in [1.29, 1.82) is 0 Å². The summed E-state index contributed by atoms with van der Waals surface area (Å²) in [6.07, 6.45) is 2.99. The van der Waals surface area contributed by atoms with Crippen LogP contribution in [0.15, 0.2) is 11.3 Å². The van der Waals surface area contributed by atoms with Crippen LogP contribution in [0, 0.1) is 5.41 Å². The molecule has 0 aromatic rings. The molecule has 3 rings (SSSR count). The molecular weight excluding hydrogens is 348 g/mol. The molecule has 5 nitrogen and oxygen atoms in total. The summed E-state index contributed by atoms with van der Waals surface area (Å²) in [5.41, 5.74) is -1.51. The molecule has 0 bridgehead atoms. The first-order valence-electron chi connectivity index (χ1n) is 9.99. The van der Waals surface area contributed by atoms with Crippen LogP contribution >= 0.6 is 0 Å². The molecule has 2 saturated heterocycles. The van der Waals surface area contributed by atoms with E-state index in [9.17, 15) is 4.79 Å². The minimum absolute atomic E-state index is 0.300. The van der Waals surface area contributed by atoms with Crippen molar-refractivity contribution in [3.05, 3.63) is 11.3 Å². The molecule has 27 heavy (non-hydrogen) atoms. The van der Waals surface area contributed by atoms with Crippen LogP contribution in [0.3, 0.4) is 0 Å². The van der Waals surface area contributed by atoms with E-state index in [0.29, 0.717) is 19.5 Å².